The van der Waals surface area contributed by atoms with Gasteiger partial charge in [-0.05, 0) is 24.1 Å². The van der Waals surface area contributed by atoms with E-state index < -0.39 is 0 Å². The minimum absolute atomic E-state index is 0.0559. The van der Waals surface area contributed by atoms with Crippen LogP contribution >= 0.6 is 0 Å². The lowest BCUT2D eigenvalue weighted by atomic mass is 10.2. The molecule has 0 aliphatic rings. The maximum Gasteiger partial charge on any atom is 0.272 e. The van der Waals surface area contributed by atoms with Crippen molar-refractivity contribution in [1.29, 1.82) is 0 Å². The number of hydrogen-bond donors (Lipinski definition) is 0. The van der Waals surface area contributed by atoms with E-state index in [0.717, 1.165) is 30.6 Å². The summed E-state index contributed by atoms with van der Waals surface area (Å²) < 4.78 is 0. The third-order valence-electron chi connectivity index (χ3n) is 3.86. The van der Waals surface area contributed by atoms with Crippen LogP contribution in [0.4, 0.5) is 5.69 Å². The molecule has 1 aromatic heterocycles. The predicted molar refractivity (Wildman–Crippen MR) is 94.7 cm³/mol. The van der Waals surface area contributed by atoms with Gasteiger partial charge in [0.1, 0.15) is 5.69 Å². The number of carbonyl (C=O) groups is 1. The molecule has 2 aromatic rings. The van der Waals surface area contributed by atoms with Gasteiger partial charge in [0.25, 0.3) is 5.91 Å². The van der Waals surface area contributed by atoms with Crippen molar-refractivity contribution in [3.05, 3.63) is 59.9 Å². The molecule has 4 nitrogen and oxygen atoms in total. The molecule has 1 amide bonds. The molecule has 122 valence electrons. The van der Waals surface area contributed by atoms with Crippen LogP contribution < -0.4 is 4.90 Å². The average Bonchev–Trinajstić information content (AvgIpc) is 2.60. The Morgan fingerprint density at radius 2 is 1.87 bits per heavy atom. The molecule has 4 heteroatoms. The van der Waals surface area contributed by atoms with Gasteiger partial charge in [-0.1, -0.05) is 43.7 Å². The molecule has 0 aliphatic carbocycles. The Morgan fingerprint density at radius 3 is 2.57 bits per heavy atom. The highest BCUT2D eigenvalue weighted by atomic mass is 16.2. The van der Waals surface area contributed by atoms with E-state index in [9.17, 15) is 4.79 Å². The summed E-state index contributed by atoms with van der Waals surface area (Å²) in [5.41, 5.74) is 2.63. The van der Waals surface area contributed by atoms with Crippen LogP contribution in [0, 0.1) is 0 Å². The number of unbranched alkanes of at least 4 members (excludes halogenated alkanes) is 1. The lowest BCUT2D eigenvalue weighted by molar-refractivity contribution is 0.0779. The molecule has 0 spiro atoms. The molecular weight excluding hydrogens is 286 g/mol. The van der Waals surface area contributed by atoms with Gasteiger partial charge in [-0.25, -0.2) is 0 Å². The molecule has 1 heterocycles. The zero-order valence-corrected chi connectivity index (χ0v) is 14.2. The fraction of sp³-hybridized carbons (Fsp3) is 0.368. The summed E-state index contributed by atoms with van der Waals surface area (Å²) in [5, 5.41) is 0. The maximum absolute atomic E-state index is 12.6. The van der Waals surface area contributed by atoms with E-state index >= 15 is 0 Å². The largest absolute Gasteiger partial charge is 0.374 e. The number of benzene rings is 1. The van der Waals surface area contributed by atoms with E-state index in [4.69, 9.17) is 0 Å². The van der Waals surface area contributed by atoms with Crippen LogP contribution in [-0.2, 0) is 6.54 Å². The number of aromatic nitrogens is 1. The van der Waals surface area contributed by atoms with Gasteiger partial charge in [0.2, 0.25) is 0 Å². The summed E-state index contributed by atoms with van der Waals surface area (Å²) in [6, 6.07) is 13.8. The molecule has 0 fully saturated rings. The van der Waals surface area contributed by atoms with Crippen LogP contribution in [0.5, 0.6) is 0 Å². The lowest BCUT2D eigenvalue weighted by Crippen LogP contribution is -2.27. The van der Waals surface area contributed by atoms with E-state index in [1.807, 2.05) is 56.6 Å². The summed E-state index contributed by atoms with van der Waals surface area (Å²) in [5.74, 6) is -0.0559. The van der Waals surface area contributed by atoms with Crippen molar-refractivity contribution in [3.63, 3.8) is 0 Å². The van der Waals surface area contributed by atoms with E-state index in [1.165, 1.54) is 0 Å². The van der Waals surface area contributed by atoms with Gasteiger partial charge in [-0.15, -0.1) is 0 Å². The summed E-state index contributed by atoms with van der Waals surface area (Å²) in [6.07, 6.45) is 4.00. The normalized spacial score (nSPS) is 10.4. The van der Waals surface area contributed by atoms with Crippen molar-refractivity contribution in [3.8, 4) is 0 Å². The molecule has 0 bridgehead atoms. The van der Waals surface area contributed by atoms with Gasteiger partial charge in [0, 0.05) is 39.1 Å². The first-order valence-corrected chi connectivity index (χ1v) is 8.08. The van der Waals surface area contributed by atoms with E-state index in [-0.39, 0.29) is 5.91 Å². The molecule has 23 heavy (non-hydrogen) atoms. The Hall–Kier alpha value is -2.36. The molecule has 0 atom stereocenters. The Bertz CT molecular complexity index is 628. The first-order valence-electron chi connectivity index (χ1n) is 8.08. The number of hydrogen-bond acceptors (Lipinski definition) is 3. The van der Waals surface area contributed by atoms with Crippen molar-refractivity contribution in [2.24, 2.45) is 0 Å². The summed E-state index contributed by atoms with van der Waals surface area (Å²) in [4.78, 5) is 20.7. The fourth-order valence-electron chi connectivity index (χ4n) is 2.42. The predicted octanol–water partition coefficient (Wildman–Crippen LogP) is 3.59. The molecule has 0 aliphatic heterocycles. The topological polar surface area (TPSA) is 36.4 Å². The van der Waals surface area contributed by atoms with Crippen molar-refractivity contribution >= 4 is 11.6 Å². The summed E-state index contributed by atoms with van der Waals surface area (Å²) >= 11 is 0. The zero-order chi connectivity index (χ0) is 16.7. The van der Waals surface area contributed by atoms with Gasteiger partial charge in [-0.3, -0.25) is 9.78 Å². The van der Waals surface area contributed by atoms with Crippen LogP contribution in [0.1, 0.15) is 35.8 Å². The molecule has 0 N–H and O–H groups in total. The molecule has 0 radical (unpaired) electrons. The maximum atomic E-state index is 12.6. The molecule has 1 aromatic carbocycles. The monoisotopic (exact) mass is 311 g/mol. The zero-order valence-electron chi connectivity index (χ0n) is 14.2. The third kappa shape index (κ3) is 4.81. The third-order valence-corrected chi connectivity index (χ3v) is 3.86. The first kappa shape index (κ1) is 17.0. The smallest absolute Gasteiger partial charge is 0.272 e. The number of anilines is 1. The molecule has 2 rings (SSSR count). The number of pyridine rings is 1. The number of rotatable bonds is 7. The van der Waals surface area contributed by atoms with Crippen molar-refractivity contribution < 1.29 is 4.79 Å². The Labute approximate surface area is 138 Å². The quantitative estimate of drug-likeness (QED) is 0.784. The molecule has 0 saturated carbocycles. The van der Waals surface area contributed by atoms with E-state index in [2.05, 4.69) is 16.8 Å². The highest BCUT2D eigenvalue weighted by molar-refractivity contribution is 5.93. The van der Waals surface area contributed by atoms with Gasteiger partial charge in [0.15, 0.2) is 0 Å². The van der Waals surface area contributed by atoms with Gasteiger partial charge < -0.3 is 9.80 Å². The number of carbonyl (C=O) groups excluding carboxylic acids is 1. The minimum atomic E-state index is -0.0559. The molecule has 0 unspecified atom stereocenters. The van der Waals surface area contributed by atoms with Crippen LogP contribution in [0.3, 0.4) is 0 Å². The van der Waals surface area contributed by atoms with Crippen molar-refractivity contribution in [2.75, 3.05) is 25.5 Å². The summed E-state index contributed by atoms with van der Waals surface area (Å²) in [7, 11) is 3.86. The fourth-order valence-corrected chi connectivity index (χ4v) is 2.42. The van der Waals surface area contributed by atoms with E-state index in [1.54, 1.807) is 11.1 Å². The summed E-state index contributed by atoms with van der Waals surface area (Å²) in [6.45, 7) is 3.74. The van der Waals surface area contributed by atoms with Crippen LogP contribution in [0.2, 0.25) is 0 Å². The number of amides is 1. The van der Waals surface area contributed by atoms with Crippen molar-refractivity contribution in [2.45, 2.75) is 26.3 Å². The second kappa shape index (κ2) is 8.32. The highest BCUT2D eigenvalue weighted by Gasteiger charge is 2.14. The Balaban J connectivity index is 2.06. The van der Waals surface area contributed by atoms with Gasteiger partial charge in [0.05, 0.1) is 0 Å². The van der Waals surface area contributed by atoms with Crippen LogP contribution in [-0.4, -0.2) is 36.4 Å². The first-order chi connectivity index (χ1) is 11.1. The van der Waals surface area contributed by atoms with Crippen LogP contribution in [0.15, 0.2) is 48.7 Å². The minimum Gasteiger partial charge on any atom is -0.374 e. The SMILES string of the molecule is CCCCN(C)c1ccnc(C(=O)N(C)Cc2ccccc2)c1. The Kier molecular flexibility index (Phi) is 6.15. The van der Waals surface area contributed by atoms with Crippen molar-refractivity contribution in [1.82, 2.24) is 9.88 Å². The second-order valence-corrected chi connectivity index (χ2v) is 5.82. The molecule has 0 saturated heterocycles. The van der Waals surface area contributed by atoms with Crippen LogP contribution in [0.25, 0.3) is 0 Å². The standard InChI is InChI=1S/C19H25N3O/c1-4-5-13-21(2)17-11-12-20-18(14-17)19(23)22(3)15-16-9-7-6-8-10-16/h6-12,14H,4-5,13,15H2,1-3H3. The highest BCUT2D eigenvalue weighted by Crippen LogP contribution is 2.15. The number of nitrogens with zero attached hydrogens (tertiary/aromatic N) is 3. The van der Waals surface area contributed by atoms with Gasteiger partial charge >= 0.3 is 0 Å². The van der Waals surface area contributed by atoms with E-state index in [0.29, 0.717) is 12.2 Å². The Morgan fingerprint density at radius 1 is 1.13 bits per heavy atom. The average molecular weight is 311 g/mol. The second-order valence-electron chi connectivity index (χ2n) is 5.82. The molecular formula is C19H25N3O. The lowest BCUT2D eigenvalue weighted by Gasteiger charge is -2.21. The van der Waals surface area contributed by atoms with Gasteiger partial charge in [-0.2, -0.15) is 0 Å².